The molecule has 0 bridgehead atoms. The lowest BCUT2D eigenvalue weighted by Gasteiger charge is -2.13. The van der Waals surface area contributed by atoms with Crippen LogP contribution in [0.3, 0.4) is 0 Å². The lowest BCUT2D eigenvalue weighted by molar-refractivity contribution is 0.602. The summed E-state index contributed by atoms with van der Waals surface area (Å²) in [6, 6.07) is 24.1. The van der Waals surface area contributed by atoms with E-state index >= 15 is 0 Å². The molecule has 0 aliphatic rings. The molecule has 0 aromatic heterocycles. The van der Waals surface area contributed by atoms with Crippen molar-refractivity contribution in [1.29, 1.82) is 0 Å². The summed E-state index contributed by atoms with van der Waals surface area (Å²) in [6.45, 7) is 0. The number of fused-ring (bicyclic) bond motifs is 2. The maximum absolute atomic E-state index is 13.0. The Morgan fingerprint density at radius 2 is 1.32 bits per heavy atom. The molecule has 0 radical (unpaired) electrons. The van der Waals surface area contributed by atoms with Crippen molar-refractivity contribution in [1.82, 2.24) is 0 Å². The van der Waals surface area contributed by atoms with Gasteiger partial charge in [0.05, 0.1) is 10.6 Å². The van der Waals surface area contributed by atoms with E-state index in [1.54, 1.807) is 18.2 Å². The Labute approximate surface area is 154 Å². The van der Waals surface area contributed by atoms with Gasteiger partial charge in [-0.05, 0) is 29.0 Å². The molecule has 0 heterocycles. The highest BCUT2D eigenvalue weighted by molar-refractivity contribution is 9.10. The summed E-state index contributed by atoms with van der Waals surface area (Å²) < 4.78 is 29.7. The van der Waals surface area contributed by atoms with Crippen molar-refractivity contribution in [3.63, 3.8) is 0 Å². The Morgan fingerprint density at radius 3 is 2.12 bits per heavy atom. The number of anilines is 1. The van der Waals surface area contributed by atoms with E-state index in [0.717, 1.165) is 20.6 Å². The van der Waals surface area contributed by atoms with Gasteiger partial charge in [0, 0.05) is 15.2 Å². The Kier molecular flexibility index (Phi) is 3.98. The minimum atomic E-state index is -3.71. The highest BCUT2D eigenvalue weighted by Crippen LogP contribution is 2.32. The summed E-state index contributed by atoms with van der Waals surface area (Å²) in [5, 5.41) is 3.41. The highest BCUT2D eigenvalue weighted by Gasteiger charge is 2.18. The lowest BCUT2D eigenvalue weighted by atomic mass is 10.1. The van der Waals surface area contributed by atoms with E-state index in [4.69, 9.17) is 0 Å². The molecule has 0 amide bonds. The number of sulfonamides is 1. The summed E-state index contributed by atoms with van der Waals surface area (Å²) in [5.41, 5.74) is 0.562. The average molecular weight is 412 g/mol. The third-order valence-corrected chi connectivity index (χ3v) is 6.27. The number of hydrogen-bond acceptors (Lipinski definition) is 2. The van der Waals surface area contributed by atoms with Gasteiger partial charge in [0.2, 0.25) is 0 Å². The van der Waals surface area contributed by atoms with Crippen LogP contribution in [0.15, 0.2) is 88.2 Å². The van der Waals surface area contributed by atoms with Crippen LogP contribution in [0.1, 0.15) is 0 Å². The van der Waals surface area contributed by atoms with Gasteiger partial charge in [0.1, 0.15) is 0 Å². The number of halogens is 1. The molecule has 0 fully saturated rings. The summed E-state index contributed by atoms with van der Waals surface area (Å²) >= 11 is 3.51. The van der Waals surface area contributed by atoms with Crippen LogP contribution in [0.25, 0.3) is 21.5 Å². The Morgan fingerprint density at radius 1 is 0.680 bits per heavy atom. The van der Waals surface area contributed by atoms with Crippen molar-refractivity contribution in [2.45, 2.75) is 4.90 Å². The first-order chi connectivity index (χ1) is 12.1. The first-order valence-electron chi connectivity index (χ1n) is 7.74. The van der Waals surface area contributed by atoms with Gasteiger partial charge in [-0.3, -0.25) is 4.72 Å². The summed E-state index contributed by atoms with van der Waals surface area (Å²) in [5.74, 6) is 0. The van der Waals surface area contributed by atoms with E-state index in [1.807, 2.05) is 60.7 Å². The van der Waals surface area contributed by atoms with Gasteiger partial charge in [-0.15, -0.1) is 0 Å². The monoisotopic (exact) mass is 411 g/mol. The zero-order chi connectivity index (χ0) is 17.4. The van der Waals surface area contributed by atoms with Crippen LogP contribution < -0.4 is 4.72 Å². The van der Waals surface area contributed by atoms with Crippen molar-refractivity contribution in [3.05, 3.63) is 83.3 Å². The maximum atomic E-state index is 13.0. The zero-order valence-corrected chi connectivity index (χ0v) is 15.5. The van der Waals surface area contributed by atoms with Gasteiger partial charge in [0.25, 0.3) is 10.0 Å². The van der Waals surface area contributed by atoms with Crippen LogP contribution in [0.4, 0.5) is 5.69 Å². The van der Waals surface area contributed by atoms with Crippen molar-refractivity contribution < 1.29 is 8.42 Å². The van der Waals surface area contributed by atoms with E-state index in [0.29, 0.717) is 11.1 Å². The molecule has 0 spiro atoms. The molecular formula is C20H14BrNO2S. The molecule has 0 saturated heterocycles. The number of nitrogens with one attached hydrogen (secondary N) is 1. The van der Waals surface area contributed by atoms with Crippen LogP contribution in [-0.2, 0) is 10.0 Å². The standard InChI is InChI=1S/C20H14BrNO2S/c21-18-12-13-19(17-10-4-3-9-16(17)18)22-25(23,24)20-11-5-7-14-6-1-2-8-15(14)20/h1-13,22H. The van der Waals surface area contributed by atoms with Crippen molar-refractivity contribution in [3.8, 4) is 0 Å². The number of benzene rings is 4. The molecule has 3 nitrogen and oxygen atoms in total. The fraction of sp³-hybridized carbons (Fsp3) is 0. The van der Waals surface area contributed by atoms with Crippen molar-refractivity contribution in [2.24, 2.45) is 0 Å². The fourth-order valence-corrected chi connectivity index (χ4v) is 4.77. The zero-order valence-electron chi connectivity index (χ0n) is 13.1. The number of hydrogen-bond donors (Lipinski definition) is 1. The van der Waals surface area contributed by atoms with Crippen LogP contribution in [-0.4, -0.2) is 8.42 Å². The average Bonchev–Trinajstić information content (AvgIpc) is 2.64. The SMILES string of the molecule is O=S(=O)(Nc1ccc(Br)c2ccccc12)c1cccc2ccccc12. The van der Waals surface area contributed by atoms with Crippen LogP contribution in [0.2, 0.25) is 0 Å². The first-order valence-corrected chi connectivity index (χ1v) is 10.0. The third-order valence-electron chi connectivity index (χ3n) is 4.15. The molecule has 124 valence electrons. The largest absolute Gasteiger partial charge is 0.279 e. The molecule has 4 aromatic carbocycles. The van der Waals surface area contributed by atoms with Gasteiger partial charge < -0.3 is 0 Å². The minimum absolute atomic E-state index is 0.276. The van der Waals surface area contributed by atoms with Gasteiger partial charge in [-0.2, -0.15) is 0 Å². The Bertz CT molecular complexity index is 1200. The minimum Gasteiger partial charge on any atom is -0.279 e. The summed E-state index contributed by atoms with van der Waals surface area (Å²) in [7, 11) is -3.71. The summed E-state index contributed by atoms with van der Waals surface area (Å²) in [4.78, 5) is 0.276. The van der Waals surface area contributed by atoms with Gasteiger partial charge in [-0.25, -0.2) is 8.42 Å². The lowest BCUT2D eigenvalue weighted by Crippen LogP contribution is -2.13. The van der Waals surface area contributed by atoms with Crippen LogP contribution in [0.5, 0.6) is 0 Å². The van der Waals surface area contributed by atoms with E-state index < -0.39 is 10.0 Å². The molecule has 0 saturated carbocycles. The quantitative estimate of drug-likeness (QED) is 0.479. The van der Waals surface area contributed by atoms with E-state index in [-0.39, 0.29) is 4.90 Å². The van der Waals surface area contributed by atoms with Crippen molar-refractivity contribution >= 4 is 53.2 Å². The second-order valence-corrected chi connectivity index (χ2v) is 8.23. The predicted molar refractivity (Wildman–Crippen MR) is 106 cm³/mol. The molecule has 4 aromatic rings. The molecule has 0 unspecified atom stereocenters. The van der Waals surface area contributed by atoms with E-state index in [1.165, 1.54) is 0 Å². The molecule has 4 rings (SSSR count). The van der Waals surface area contributed by atoms with Crippen LogP contribution >= 0.6 is 15.9 Å². The van der Waals surface area contributed by atoms with Crippen molar-refractivity contribution in [2.75, 3.05) is 4.72 Å². The van der Waals surface area contributed by atoms with E-state index in [2.05, 4.69) is 20.7 Å². The smallest absolute Gasteiger partial charge is 0.262 e. The van der Waals surface area contributed by atoms with Crippen LogP contribution in [0, 0.1) is 0 Å². The molecule has 0 aliphatic carbocycles. The van der Waals surface area contributed by atoms with Gasteiger partial charge >= 0.3 is 0 Å². The summed E-state index contributed by atoms with van der Waals surface area (Å²) in [6.07, 6.45) is 0. The topological polar surface area (TPSA) is 46.2 Å². The third kappa shape index (κ3) is 2.90. The highest BCUT2D eigenvalue weighted by atomic mass is 79.9. The molecule has 1 N–H and O–H groups in total. The second-order valence-electron chi connectivity index (χ2n) is 5.72. The normalized spacial score (nSPS) is 11.7. The Hall–Kier alpha value is -2.37. The molecule has 5 heteroatoms. The fourth-order valence-electron chi connectivity index (χ4n) is 2.98. The van der Waals surface area contributed by atoms with E-state index in [9.17, 15) is 8.42 Å². The van der Waals surface area contributed by atoms with Gasteiger partial charge in [-0.1, -0.05) is 76.6 Å². The molecule has 0 atom stereocenters. The van der Waals surface area contributed by atoms with Gasteiger partial charge in [0.15, 0.2) is 0 Å². The maximum Gasteiger partial charge on any atom is 0.262 e. The first kappa shape index (κ1) is 16.1. The molecule has 0 aliphatic heterocycles. The predicted octanol–water partition coefficient (Wildman–Crippen LogP) is 5.56. The second kappa shape index (κ2) is 6.17. The molecular weight excluding hydrogens is 398 g/mol. The Balaban J connectivity index is 1.87. The number of rotatable bonds is 3. The molecule has 25 heavy (non-hydrogen) atoms.